The highest BCUT2D eigenvalue weighted by Gasteiger charge is 2.49. The number of sulfone groups is 1. The Kier molecular flexibility index (Phi) is 7.10. The molecule has 0 saturated heterocycles. The Morgan fingerprint density at radius 2 is 1.90 bits per heavy atom. The van der Waals surface area contributed by atoms with Crippen LogP contribution in [-0.2, 0) is 31.2 Å². The molecule has 212 valence electrons. The molecule has 0 bridgehead atoms. The summed E-state index contributed by atoms with van der Waals surface area (Å²) in [4.78, 5) is 14.0. The van der Waals surface area contributed by atoms with Crippen LogP contribution in [0.4, 0.5) is 15.8 Å². The van der Waals surface area contributed by atoms with E-state index in [0.29, 0.717) is 5.56 Å². The third kappa shape index (κ3) is 5.09. The van der Waals surface area contributed by atoms with Crippen molar-refractivity contribution in [2.75, 3.05) is 23.4 Å². The van der Waals surface area contributed by atoms with Gasteiger partial charge in [0.25, 0.3) is 5.91 Å². The molecule has 1 atom stereocenters. The Morgan fingerprint density at radius 1 is 1.23 bits per heavy atom. The zero-order valence-electron chi connectivity index (χ0n) is 22.2. The van der Waals surface area contributed by atoms with Crippen molar-refractivity contribution in [3.05, 3.63) is 69.7 Å². The number of amides is 1. The Bertz CT molecular complexity index is 1750. The van der Waals surface area contributed by atoms with Crippen LogP contribution in [0.15, 0.2) is 63.2 Å². The number of hydrogen-bond donors (Lipinski definition) is 3. The summed E-state index contributed by atoms with van der Waals surface area (Å²) in [5.74, 6) is -1.81. The van der Waals surface area contributed by atoms with Crippen LogP contribution in [0.1, 0.15) is 26.3 Å². The Balaban J connectivity index is 1.84. The number of benzene rings is 2. The zero-order chi connectivity index (χ0) is 29.8. The van der Waals surface area contributed by atoms with E-state index in [1.807, 2.05) is 0 Å². The monoisotopic (exact) mass is 590 g/mol. The number of sulfonamides is 1. The first-order valence-electron chi connectivity index (χ1n) is 11.8. The van der Waals surface area contributed by atoms with Crippen molar-refractivity contribution in [3.63, 3.8) is 0 Å². The zero-order valence-corrected chi connectivity index (χ0v) is 23.9. The second-order valence-electron chi connectivity index (χ2n) is 10.5. The number of aliphatic hydroxyl groups is 1. The molecule has 3 N–H and O–H groups in total. The van der Waals surface area contributed by atoms with Crippen LogP contribution in [0, 0.1) is 22.6 Å². The van der Waals surface area contributed by atoms with Gasteiger partial charge in [-0.05, 0) is 41.3 Å². The van der Waals surface area contributed by atoms with Gasteiger partial charge in [-0.3, -0.25) is 9.52 Å². The molecule has 2 aromatic carbocycles. The van der Waals surface area contributed by atoms with E-state index in [1.165, 1.54) is 42.3 Å². The minimum absolute atomic E-state index is 0.0184. The van der Waals surface area contributed by atoms with E-state index in [9.17, 15) is 36.4 Å². The number of allylic oxidation sites excluding steroid dienone is 1. The molecular weight excluding hydrogens is 563 g/mol. The highest BCUT2D eigenvalue weighted by Crippen LogP contribution is 2.44. The Morgan fingerprint density at radius 3 is 2.48 bits per heavy atom. The van der Waals surface area contributed by atoms with Gasteiger partial charge in [0.15, 0.2) is 16.5 Å². The number of methoxy groups -OCH3 is 1. The van der Waals surface area contributed by atoms with Gasteiger partial charge in [-0.1, -0.05) is 26.8 Å². The van der Waals surface area contributed by atoms with Gasteiger partial charge in [-0.15, -0.1) is 0 Å². The Labute approximate surface area is 231 Å². The first-order valence-corrected chi connectivity index (χ1v) is 15.2. The molecular formula is C26H27FN4O7S2. The Hall–Kier alpha value is -4.09. The topological polar surface area (TPSA) is 166 Å². The van der Waals surface area contributed by atoms with Crippen LogP contribution < -0.4 is 14.8 Å². The maximum absolute atomic E-state index is 14.0. The predicted octanol–water partition coefficient (Wildman–Crippen LogP) is 3.41. The lowest BCUT2D eigenvalue weighted by molar-refractivity contribution is -0.129. The largest absolute Gasteiger partial charge is 0.509 e. The van der Waals surface area contributed by atoms with Gasteiger partial charge in [0.05, 0.1) is 35.7 Å². The smallest absolute Gasteiger partial charge is 0.260 e. The van der Waals surface area contributed by atoms with E-state index in [1.54, 1.807) is 26.8 Å². The number of nitrogens with zero attached hydrogens (tertiary/aromatic N) is 2. The first kappa shape index (κ1) is 28.9. The van der Waals surface area contributed by atoms with Gasteiger partial charge >= 0.3 is 0 Å². The van der Waals surface area contributed by atoms with Gasteiger partial charge in [0, 0.05) is 12.2 Å². The lowest BCUT2D eigenvalue weighted by Gasteiger charge is -2.35. The van der Waals surface area contributed by atoms with E-state index in [2.05, 4.69) is 10.0 Å². The molecule has 4 rings (SSSR count). The summed E-state index contributed by atoms with van der Waals surface area (Å²) in [5, 5.41) is 24.1. The average Bonchev–Trinajstić information content (AvgIpc) is 3.08. The summed E-state index contributed by atoms with van der Waals surface area (Å²) in [6.07, 6.45) is 0.901. The molecule has 2 aliphatic heterocycles. The number of ether oxygens (including phenoxy) is 1. The quantitative estimate of drug-likeness (QED) is 0.457. The lowest BCUT2D eigenvalue weighted by atomic mass is 9.85. The number of nitriles is 1. The molecule has 0 saturated carbocycles. The van der Waals surface area contributed by atoms with Crippen molar-refractivity contribution >= 4 is 37.1 Å². The summed E-state index contributed by atoms with van der Waals surface area (Å²) >= 11 is 0. The molecule has 0 aliphatic carbocycles. The maximum Gasteiger partial charge on any atom is 0.260 e. The number of anilines is 2. The van der Waals surface area contributed by atoms with Crippen LogP contribution in [0.25, 0.3) is 0 Å². The van der Waals surface area contributed by atoms with Crippen molar-refractivity contribution in [2.24, 2.45) is 5.41 Å². The number of hydrogen-bond acceptors (Lipinski definition) is 9. The van der Waals surface area contributed by atoms with Crippen LogP contribution >= 0.6 is 0 Å². The van der Waals surface area contributed by atoms with Crippen molar-refractivity contribution in [1.82, 2.24) is 4.90 Å². The maximum atomic E-state index is 14.0. The third-order valence-electron chi connectivity index (χ3n) is 6.37. The molecule has 0 spiro atoms. The molecule has 0 unspecified atom stereocenters. The third-order valence-corrected chi connectivity index (χ3v) is 8.73. The number of rotatable bonds is 6. The number of halogens is 1. The van der Waals surface area contributed by atoms with Crippen molar-refractivity contribution < 1.29 is 35.9 Å². The normalized spacial score (nSPS) is 18.8. The van der Waals surface area contributed by atoms with E-state index >= 15 is 0 Å². The SMILES string of the molecule is COc1cc(CN2C(=O)C(C3=C(C#N)S(=O)(=O)c4cc(NS(C)(=O)=O)ccc4N3)=C(O)[C@@H]2C(C)(C)C)ccc1F. The average molecular weight is 591 g/mol. The van der Waals surface area contributed by atoms with E-state index < -0.39 is 65.0 Å². The van der Waals surface area contributed by atoms with Gasteiger partial charge in [-0.25, -0.2) is 21.2 Å². The molecule has 14 heteroatoms. The van der Waals surface area contributed by atoms with E-state index in [0.717, 1.165) is 12.3 Å². The molecule has 40 heavy (non-hydrogen) atoms. The summed E-state index contributed by atoms with van der Waals surface area (Å²) in [6, 6.07) is 8.42. The minimum Gasteiger partial charge on any atom is -0.509 e. The van der Waals surface area contributed by atoms with Crippen LogP contribution in [0.2, 0.25) is 0 Å². The van der Waals surface area contributed by atoms with Crippen LogP contribution in [0.5, 0.6) is 5.75 Å². The fraction of sp³-hybridized carbons (Fsp3) is 0.308. The van der Waals surface area contributed by atoms with Crippen LogP contribution in [0.3, 0.4) is 0 Å². The number of aliphatic hydroxyl groups excluding tert-OH is 1. The first-order chi connectivity index (χ1) is 18.5. The summed E-state index contributed by atoms with van der Waals surface area (Å²) in [5.41, 5.74) is -1.09. The standard InChI is InChI=1S/C26H27FN4O7S2/c1-26(2,3)24-23(32)21(25(33)31(24)13-14-6-8-16(27)18(10-14)38-4)22-20(12-28)40(36,37)19-11-15(30-39(5,34)35)7-9-17(19)29-22/h6-11,24,29-30,32H,13H2,1-5H3/t24-/m1/s1. The van der Waals surface area contributed by atoms with Crippen molar-refractivity contribution in [1.29, 1.82) is 5.26 Å². The van der Waals surface area contributed by atoms with Crippen molar-refractivity contribution in [3.8, 4) is 11.8 Å². The number of carbonyl (C=O) groups is 1. The fourth-order valence-corrected chi connectivity index (χ4v) is 6.79. The number of carbonyl (C=O) groups excluding carboxylic acids is 1. The highest BCUT2D eigenvalue weighted by molar-refractivity contribution is 7.96. The second-order valence-corrected chi connectivity index (χ2v) is 14.1. The molecule has 2 heterocycles. The second kappa shape index (κ2) is 9.83. The molecule has 1 amide bonds. The van der Waals surface area contributed by atoms with Gasteiger partial charge < -0.3 is 20.1 Å². The number of nitrogens with one attached hydrogen (secondary N) is 2. The van der Waals surface area contributed by atoms with Gasteiger partial charge in [0.2, 0.25) is 19.9 Å². The summed E-state index contributed by atoms with van der Waals surface area (Å²) < 4.78 is 71.5. The fourth-order valence-electron chi connectivity index (χ4n) is 4.78. The van der Waals surface area contributed by atoms with Crippen LogP contribution in [-0.4, -0.2) is 52.2 Å². The molecule has 0 fully saturated rings. The molecule has 11 nitrogen and oxygen atoms in total. The van der Waals surface area contributed by atoms with Gasteiger partial charge in [0.1, 0.15) is 17.4 Å². The molecule has 2 aliphatic rings. The molecule has 0 radical (unpaired) electrons. The lowest BCUT2D eigenvalue weighted by Crippen LogP contribution is -2.43. The summed E-state index contributed by atoms with van der Waals surface area (Å²) in [6.45, 7) is 5.25. The predicted molar refractivity (Wildman–Crippen MR) is 145 cm³/mol. The number of fused-ring (bicyclic) bond motifs is 1. The highest BCUT2D eigenvalue weighted by atomic mass is 32.2. The molecule has 2 aromatic rings. The summed E-state index contributed by atoms with van der Waals surface area (Å²) in [7, 11) is -6.96. The van der Waals surface area contributed by atoms with E-state index in [-0.39, 0.29) is 28.6 Å². The van der Waals surface area contributed by atoms with E-state index in [4.69, 9.17) is 4.74 Å². The molecule has 0 aromatic heterocycles. The van der Waals surface area contributed by atoms with Gasteiger partial charge in [-0.2, -0.15) is 5.26 Å². The minimum atomic E-state index is -4.54. The van der Waals surface area contributed by atoms with Crippen molar-refractivity contribution in [2.45, 2.75) is 38.3 Å².